The van der Waals surface area contributed by atoms with E-state index < -0.39 is 36.0 Å². The molecule has 9 N–H and O–H groups in total. The number of H-pyrrole nitrogens is 1. The molecule has 0 aliphatic rings. The summed E-state index contributed by atoms with van der Waals surface area (Å²) in [5, 5.41) is 25.6. The number of nitrogens with two attached hydrogens (primary N) is 1. The largest absolute Gasteiger partial charge is 0.497 e. The SMILES string of the molecule is COc1ccc(CNC(=O)CCCCCNC(=O)C[C@H](O)[C@H](CC(C)C)NC(=O)[C@H](Cc2cnc[nH]2)NC(=O)[C@H](Cc2ccc(OC)cc2)NC(=O)CCCCCN)cc1. The summed E-state index contributed by atoms with van der Waals surface area (Å²) in [7, 11) is 3.16. The van der Waals surface area contributed by atoms with Gasteiger partial charge in [-0.25, -0.2) is 4.98 Å². The predicted molar refractivity (Wildman–Crippen MR) is 229 cm³/mol. The number of carbonyl (C=O) groups excluding carboxylic acids is 5. The number of carbonyl (C=O) groups is 5. The maximum atomic E-state index is 14.0. The quantitative estimate of drug-likeness (QED) is 0.0476. The molecule has 4 atom stereocenters. The van der Waals surface area contributed by atoms with Crippen molar-refractivity contribution in [3.8, 4) is 11.5 Å². The van der Waals surface area contributed by atoms with Gasteiger partial charge in [0.15, 0.2) is 0 Å². The molecule has 0 aliphatic carbocycles. The number of hydrogen-bond donors (Lipinski definition) is 8. The van der Waals surface area contributed by atoms with E-state index in [0.717, 1.165) is 36.1 Å². The van der Waals surface area contributed by atoms with E-state index in [0.29, 0.717) is 63.2 Å². The van der Waals surface area contributed by atoms with Gasteiger partial charge in [-0.3, -0.25) is 24.0 Å². The average Bonchev–Trinajstić information content (AvgIpc) is 3.75. The topological polar surface area (TPSA) is 239 Å². The van der Waals surface area contributed by atoms with E-state index in [9.17, 15) is 29.1 Å². The van der Waals surface area contributed by atoms with Crippen LogP contribution in [0.15, 0.2) is 61.1 Å². The molecule has 16 nitrogen and oxygen atoms in total. The molecule has 0 aliphatic heterocycles. The number of methoxy groups -OCH3 is 2. The molecule has 5 amide bonds. The molecule has 330 valence electrons. The number of imidazole rings is 1. The average molecular weight is 835 g/mol. The first-order valence-corrected chi connectivity index (χ1v) is 20.9. The number of ether oxygens (including phenoxy) is 2. The van der Waals surface area contributed by atoms with Crippen molar-refractivity contribution in [3.63, 3.8) is 0 Å². The Labute approximate surface area is 353 Å². The number of rotatable bonds is 29. The van der Waals surface area contributed by atoms with Crippen molar-refractivity contribution >= 4 is 29.5 Å². The van der Waals surface area contributed by atoms with Gasteiger partial charge in [-0.05, 0) is 80.0 Å². The lowest BCUT2D eigenvalue weighted by atomic mass is 9.96. The van der Waals surface area contributed by atoms with Crippen LogP contribution < -0.4 is 41.8 Å². The maximum absolute atomic E-state index is 14.0. The molecule has 0 radical (unpaired) electrons. The molecule has 0 spiro atoms. The Morgan fingerprint density at radius 1 is 0.717 bits per heavy atom. The van der Waals surface area contributed by atoms with E-state index in [1.807, 2.05) is 50.2 Å². The fourth-order valence-corrected chi connectivity index (χ4v) is 6.53. The van der Waals surface area contributed by atoms with Crippen LogP contribution in [0.4, 0.5) is 0 Å². The third-order valence-corrected chi connectivity index (χ3v) is 9.93. The highest BCUT2D eigenvalue weighted by Gasteiger charge is 2.31. The fourth-order valence-electron chi connectivity index (χ4n) is 6.53. The molecule has 1 heterocycles. The minimum Gasteiger partial charge on any atom is -0.497 e. The smallest absolute Gasteiger partial charge is 0.243 e. The number of nitrogens with one attached hydrogen (secondary N) is 6. The first-order chi connectivity index (χ1) is 28.9. The number of hydrogen-bond acceptors (Lipinski definition) is 10. The van der Waals surface area contributed by atoms with Crippen LogP contribution in [-0.4, -0.2) is 96.1 Å². The Hall–Kier alpha value is -5.48. The summed E-state index contributed by atoms with van der Waals surface area (Å²) in [6.07, 6.45) is 6.97. The number of unbranched alkanes of at least 4 members (excludes halogenated alkanes) is 4. The number of aromatic nitrogens is 2. The van der Waals surface area contributed by atoms with Crippen LogP contribution in [0.2, 0.25) is 0 Å². The van der Waals surface area contributed by atoms with Crippen molar-refractivity contribution in [2.45, 2.75) is 122 Å². The van der Waals surface area contributed by atoms with Crippen LogP contribution in [0.25, 0.3) is 0 Å². The third-order valence-electron chi connectivity index (χ3n) is 9.93. The first-order valence-electron chi connectivity index (χ1n) is 20.9. The fraction of sp³-hybridized carbons (Fsp3) is 0.545. The highest BCUT2D eigenvalue weighted by molar-refractivity contribution is 5.92. The summed E-state index contributed by atoms with van der Waals surface area (Å²) in [6, 6.07) is 11.7. The molecular weight excluding hydrogens is 769 g/mol. The van der Waals surface area contributed by atoms with Gasteiger partial charge in [0.05, 0.1) is 39.1 Å². The van der Waals surface area contributed by atoms with E-state index >= 15 is 0 Å². The normalized spacial score (nSPS) is 13.1. The van der Waals surface area contributed by atoms with Gasteiger partial charge in [-0.2, -0.15) is 0 Å². The van der Waals surface area contributed by atoms with E-state index in [4.69, 9.17) is 15.2 Å². The van der Waals surface area contributed by atoms with Crippen molar-refractivity contribution < 1.29 is 38.6 Å². The van der Waals surface area contributed by atoms with Crippen molar-refractivity contribution in [3.05, 3.63) is 77.9 Å². The Morgan fingerprint density at radius 3 is 1.92 bits per heavy atom. The Bertz CT molecular complexity index is 1720. The Balaban J connectivity index is 1.57. The molecule has 3 aromatic rings. The van der Waals surface area contributed by atoms with E-state index in [1.165, 1.54) is 6.33 Å². The van der Waals surface area contributed by atoms with Gasteiger partial charge in [-0.15, -0.1) is 0 Å². The standard InChI is InChI=1S/C44H66N8O8/c1-30(2)23-36(39(53)26-42(56)47-22-10-6-8-11-40(54)48-27-32-15-19-35(60-4)20-16-32)51-44(58)38(25-33-28-46-29-49-33)52-43(57)37(50-41(55)12-7-5-9-21-45)24-31-13-17-34(59-3)18-14-31/h13-20,28-30,36-39,53H,5-12,21-27,45H2,1-4H3,(H,46,49)(H,47,56)(H,48,54)(H,50,55)(H,51,58)(H,52,57)/t36-,37-,38-,39-/m0/s1. The minimum atomic E-state index is -1.21. The third kappa shape index (κ3) is 19.1. The van der Waals surface area contributed by atoms with Gasteiger partial charge < -0.3 is 51.9 Å². The van der Waals surface area contributed by atoms with Crippen LogP contribution in [0.1, 0.15) is 94.9 Å². The lowest BCUT2D eigenvalue weighted by Crippen LogP contribution is -2.57. The summed E-state index contributed by atoms with van der Waals surface area (Å²) in [6.45, 7) is 5.22. The van der Waals surface area contributed by atoms with Crippen LogP contribution in [0.5, 0.6) is 11.5 Å². The molecule has 0 saturated heterocycles. The lowest BCUT2D eigenvalue weighted by molar-refractivity contribution is -0.133. The molecule has 0 bridgehead atoms. The first kappa shape index (κ1) is 48.9. The van der Waals surface area contributed by atoms with Gasteiger partial charge in [-0.1, -0.05) is 51.0 Å². The molecule has 3 rings (SSSR count). The summed E-state index contributed by atoms with van der Waals surface area (Å²) in [4.78, 5) is 73.2. The number of aromatic amines is 1. The zero-order valence-electron chi connectivity index (χ0n) is 35.6. The Kier molecular flexibility index (Phi) is 22.3. The summed E-state index contributed by atoms with van der Waals surface area (Å²) >= 11 is 0. The maximum Gasteiger partial charge on any atom is 0.243 e. The van der Waals surface area contributed by atoms with Crippen LogP contribution in [0, 0.1) is 5.92 Å². The summed E-state index contributed by atoms with van der Waals surface area (Å²) in [5.41, 5.74) is 7.93. The summed E-state index contributed by atoms with van der Waals surface area (Å²) < 4.78 is 10.4. The van der Waals surface area contributed by atoms with Crippen molar-refractivity contribution in [2.75, 3.05) is 27.3 Å². The van der Waals surface area contributed by atoms with E-state index in [2.05, 4.69) is 36.6 Å². The molecule has 2 aromatic carbocycles. The van der Waals surface area contributed by atoms with Gasteiger partial charge in [0.25, 0.3) is 0 Å². The molecular formula is C44H66N8O8. The van der Waals surface area contributed by atoms with Crippen LogP contribution in [-0.2, 0) is 43.4 Å². The van der Waals surface area contributed by atoms with Gasteiger partial charge >= 0.3 is 0 Å². The van der Waals surface area contributed by atoms with Crippen LogP contribution >= 0.6 is 0 Å². The second-order valence-corrected chi connectivity index (χ2v) is 15.4. The van der Waals surface area contributed by atoms with Gasteiger partial charge in [0.2, 0.25) is 29.5 Å². The Morgan fingerprint density at radius 2 is 1.32 bits per heavy atom. The minimum absolute atomic E-state index is 0.0487. The lowest BCUT2D eigenvalue weighted by Gasteiger charge is -2.29. The summed E-state index contributed by atoms with van der Waals surface area (Å²) in [5.74, 6) is -0.386. The molecule has 60 heavy (non-hydrogen) atoms. The number of aliphatic hydroxyl groups excluding tert-OH is 1. The number of aliphatic hydroxyl groups is 1. The number of amides is 5. The van der Waals surface area contributed by atoms with E-state index in [-0.39, 0.29) is 49.3 Å². The molecule has 0 unspecified atom stereocenters. The van der Waals surface area contributed by atoms with Crippen molar-refractivity contribution in [1.82, 2.24) is 36.6 Å². The van der Waals surface area contributed by atoms with Crippen molar-refractivity contribution in [2.24, 2.45) is 11.7 Å². The van der Waals surface area contributed by atoms with Gasteiger partial charge in [0, 0.05) is 50.7 Å². The monoisotopic (exact) mass is 835 g/mol. The number of nitrogens with zero attached hydrogens (tertiary/aromatic N) is 1. The molecule has 0 saturated carbocycles. The zero-order valence-corrected chi connectivity index (χ0v) is 35.6. The van der Waals surface area contributed by atoms with Gasteiger partial charge in [0.1, 0.15) is 23.6 Å². The molecule has 16 heteroatoms. The van der Waals surface area contributed by atoms with E-state index in [1.54, 1.807) is 32.5 Å². The molecule has 1 aromatic heterocycles. The number of benzene rings is 2. The molecule has 0 fully saturated rings. The highest BCUT2D eigenvalue weighted by Crippen LogP contribution is 2.16. The highest BCUT2D eigenvalue weighted by atomic mass is 16.5. The second-order valence-electron chi connectivity index (χ2n) is 15.4. The van der Waals surface area contributed by atoms with Crippen molar-refractivity contribution in [1.29, 1.82) is 0 Å². The second kappa shape index (κ2) is 27.3. The zero-order chi connectivity index (χ0) is 43.7. The predicted octanol–water partition coefficient (Wildman–Crippen LogP) is 2.98. The van der Waals surface area contributed by atoms with Crippen LogP contribution in [0.3, 0.4) is 0 Å².